The molecule has 1 saturated carbocycles. The van der Waals surface area contributed by atoms with Crippen molar-refractivity contribution in [1.29, 1.82) is 0 Å². The molecule has 24 heavy (non-hydrogen) atoms. The van der Waals surface area contributed by atoms with Crippen molar-refractivity contribution in [1.82, 2.24) is 20.3 Å². The Bertz CT molecular complexity index is 747. The van der Waals surface area contributed by atoms with Crippen molar-refractivity contribution in [2.24, 2.45) is 0 Å². The van der Waals surface area contributed by atoms with Gasteiger partial charge in [-0.25, -0.2) is 15.0 Å². The minimum Gasteiger partial charge on any atom is -0.346 e. The second-order valence-electron chi connectivity index (χ2n) is 6.32. The molecule has 124 valence electrons. The van der Waals surface area contributed by atoms with E-state index in [1.165, 1.54) is 19.0 Å². The van der Waals surface area contributed by atoms with E-state index in [0.29, 0.717) is 23.2 Å². The molecule has 4 rings (SSSR count). The summed E-state index contributed by atoms with van der Waals surface area (Å²) in [5, 5.41) is 3.54. The van der Waals surface area contributed by atoms with Crippen molar-refractivity contribution in [3.63, 3.8) is 0 Å². The van der Waals surface area contributed by atoms with Crippen LogP contribution >= 0.6 is 11.6 Å². The molecule has 0 radical (unpaired) electrons. The first-order chi connectivity index (χ1) is 11.7. The highest BCUT2D eigenvalue weighted by molar-refractivity contribution is 6.30. The van der Waals surface area contributed by atoms with Crippen LogP contribution in [0.2, 0.25) is 5.02 Å². The zero-order chi connectivity index (χ0) is 16.5. The van der Waals surface area contributed by atoms with Gasteiger partial charge in [-0.05, 0) is 37.5 Å². The van der Waals surface area contributed by atoms with Crippen LogP contribution in [-0.2, 0) is 0 Å². The summed E-state index contributed by atoms with van der Waals surface area (Å²) in [7, 11) is 0. The number of amides is 1. The smallest absolute Gasteiger partial charge is 0.270 e. The molecule has 3 heterocycles. The molecule has 0 aromatic carbocycles. The number of hydrogen-bond donors (Lipinski definition) is 1. The van der Waals surface area contributed by atoms with Crippen molar-refractivity contribution in [3.05, 3.63) is 47.0 Å². The minimum absolute atomic E-state index is 0.0724. The number of rotatable bonds is 4. The van der Waals surface area contributed by atoms with Gasteiger partial charge in [0.1, 0.15) is 5.69 Å². The highest BCUT2D eigenvalue weighted by atomic mass is 35.5. The lowest BCUT2D eigenvalue weighted by Crippen LogP contribution is -2.37. The summed E-state index contributed by atoms with van der Waals surface area (Å²) in [5.74, 6) is 1.20. The maximum atomic E-state index is 12.2. The summed E-state index contributed by atoms with van der Waals surface area (Å²) >= 11 is 5.80. The Kier molecular flexibility index (Phi) is 4.06. The van der Waals surface area contributed by atoms with Gasteiger partial charge in [0.25, 0.3) is 5.91 Å². The van der Waals surface area contributed by atoms with Gasteiger partial charge in [-0.15, -0.1) is 0 Å². The van der Waals surface area contributed by atoms with Gasteiger partial charge in [0.2, 0.25) is 5.95 Å². The normalized spacial score (nSPS) is 20.2. The quantitative estimate of drug-likeness (QED) is 0.923. The second kappa shape index (κ2) is 6.36. The number of anilines is 1. The van der Waals surface area contributed by atoms with E-state index >= 15 is 0 Å². The molecule has 2 aromatic heterocycles. The fourth-order valence-electron chi connectivity index (χ4n) is 2.95. The average molecular weight is 344 g/mol. The maximum Gasteiger partial charge on any atom is 0.270 e. The van der Waals surface area contributed by atoms with Crippen molar-refractivity contribution in [2.75, 3.05) is 18.0 Å². The number of aromatic nitrogens is 3. The molecule has 1 saturated heterocycles. The van der Waals surface area contributed by atoms with Gasteiger partial charge in [0, 0.05) is 43.1 Å². The summed E-state index contributed by atoms with van der Waals surface area (Å²) in [4.78, 5) is 27.5. The van der Waals surface area contributed by atoms with Crippen LogP contribution in [0.4, 0.5) is 5.95 Å². The summed E-state index contributed by atoms with van der Waals surface area (Å²) < 4.78 is 0. The molecule has 0 spiro atoms. The molecule has 1 amide bonds. The SMILES string of the molecule is O=C(NC1CCN(c2nccc(C3CC3)n2)C1)c1ccc(Cl)cn1. The minimum atomic E-state index is -0.175. The van der Waals surface area contributed by atoms with Crippen LogP contribution < -0.4 is 10.2 Å². The average Bonchev–Trinajstić information content (AvgIpc) is 3.35. The summed E-state index contributed by atoms with van der Waals surface area (Å²) in [6, 6.07) is 5.37. The molecule has 1 atom stereocenters. The first-order valence-corrected chi connectivity index (χ1v) is 8.57. The predicted octanol–water partition coefficient (Wildman–Crippen LogP) is 2.41. The van der Waals surface area contributed by atoms with Crippen LogP contribution in [0.25, 0.3) is 0 Å². The number of carbonyl (C=O) groups excluding carboxylic acids is 1. The van der Waals surface area contributed by atoms with E-state index in [4.69, 9.17) is 11.6 Å². The van der Waals surface area contributed by atoms with Gasteiger partial charge in [0.15, 0.2) is 0 Å². The van der Waals surface area contributed by atoms with Gasteiger partial charge < -0.3 is 10.2 Å². The second-order valence-corrected chi connectivity index (χ2v) is 6.76. The number of pyridine rings is 1. The largest absolute Gasteiger partial charge is 0.346 e. The van der Waals surface area contributed by atoms with Gasteiger partial charge in [0.05, 0.1) is 5.02 Å². The summed E-state index contributed by atoms with van der Waals surface area (Å²) in [6.07, 6.45) is 6.64. The van der Waals surface area contributed by atoms with Crippen LogP contribution in [0.15, 0.2) is 30.6 Å². The Labute approximate surface area is 145 Å². The van der Waals surface area contributed by atoms with Crippen molar-refractivity contribution in [2.45, 2.75) is 31.2 Å². The van der Waals surface area contributed by atoms with E-state index in [1.54, 1.807) is 12.1 Å². The van der Waals surface area contributed by atoms with Gasteiger partial charge in [-0.2, -0.15) is 0 Å². The highest BCUT2D eigenvalue weighted by Crippen LogP contribution is 2.39. The van der Waals surface area contributed by atoms with E-state index in [0.717, 1.165) is 24.6 Å². The van der Waals surface area contributed by atoms with E-state index in [1.807, 2.05) is 12.3 Å². The first kappa shape index (κ1) is 15.3. The molecule has 1 aliphatic heterocycles. The summed E-state index contributed by atoms with van der Waals surface area (Å²) in [5.41, 5.74) is 1.52. The maximum absolute atomic E-state index is 12.2. The Morgan fingerprint density at radius 2 is 2.08 bits per heavy atom. The van der Waals surface area contributed by atoms with Crippen molar-refractivity contribution in [3.8, 4) is 0 Å². The number of nitrogens with one attached hydrogen (secondary N) is 1. The molecular weight excluding hydrogens is 326 g/mol. The van der Waals surface area contributed by atoms with Crippen molar-refractivity contribution >= 4 is 23.5 Å². The molecule has 7 heteroatoms. The Morgan fingerprint density at radius 1 is 1.21 bits per heavy atom. The monoisotopic (exact) mass is 343 g/mol. The van der Waals surface area contributed by atoms with E-state index in [2.05, 4.69) is 25.2 Å². The molecule has 1 N–H and O–H groups in total. The molecular formula is C17H18ClN5O. The van der Waals surface area contributed by atoms with Crippen LogP contribution in [0.3, 0.4) is 0 Å². The van der Waals surface area contributed by atoms with Crippen LogP contribution in [0.1, 0.15) is 41.4 Å². The number of halogens is 1. The van der Waals surface area contributed by atoms with Crippen LogP contribution in [0, 0.1) is 0 Å². The molecule has 1 aliphatic carbocycles. The lowest BCUT2D eigenvalue weighted by molar-refractivity contribution is 0.0935. The fraction of sp³-hybridized carbons (Fsp3) is 0.412. The third-order valence-electron chi connectivity index (χ3n) is 4.43. The third kappa shape index (κ3) is 3.33. The Morgan fingerprint density at radius 3 is 2.83 bits per heavy atom. The Balaban J connectivity index is 1.38. The van der Waals surface area contributed by atoms with Gasteiger partial charge in [-0.1, -0.05) is 11.6 Å². The molecule has 0 bridgehead atoms. The van der Waals surface area contributed by atoms with Gasteiger partial charge >= 0.3 is 0 Å². The summed E-state index contributed by atoms with van der Waals surface area (Å²) in [6.45, 7) is 1.56. The Hall–Kier alpha value is -2.21. The lowest BCUT2D eigenvalue weighted by atomic mass is 10.2. The molecule has 2 aliphatic rings. The highest BCUT2D eigenvalue weighted by Gasteiger charge is 2.29. The molecule has 2 aromatic rings. The van der Waals surface area contributed by atoms with E-state index < -0.39 is 0 Å². The number of nitrogens with zero attached hydrogens (tertiary/aromatic N) is 4. The third-order valence-corrected chi connectivity index (χ3v) is 4.65. The van der Waals surface area contributed by atoms with E-state index in [9.17, 15) is 4.79 Å². The first-order valence-electron chi connectivity index (χ1n) is 8.19. The lowest BCUT2D eigenvalue weighted by Gasteiger charge is -2.17. The predicted molar refractivity (Wildman–Crippen MR) is 91.3 cm³/mol. The zero-order valence-corrected chi connectivity index (χ0v) is 13.9. The standard InChI is InChI=1S/C17H18ClN5O/c18-12-3-4-15(20-9-12)16(24)21-13-6-8-23(10-13)17-19-7-5-14(22-17)11-1-2-11/h3-5,7,9,11,13H,1-2,6,8,10H2,(H,21,24). The van der Waals surface area contributed by atoms with E-state index in [-0.39, 0.29) is 11.9 Å². The van der Waals surface area contributed by atoms with Crippen LogP contribution in [0.5, 0.6) is 0 Å². The van der Waals surface area contributed by atoms with Gasteiger partial charge in [-0.3, -0.25) is 4.79 Å². The van der Waals surface area contributed by atoms with Crippen molar-refractivity contribution < 1.29 is 4.79 Å². The molecule has 1 unspecified atom stereocenters. The topological polar surface area (TPSA) is 71.0 Å². The molecule has 2 fully saturated rings. The zero-order valence-electron chi connectivity index (χ0n) is 13.2. The molecule has 6 nitrogen and oxygen atoms in total. The number of hydrogen-bond acceptors (Lipinski definition) is 5. The number of carbonyl (C=O) groups is 1. The van der Waals surface area contributed by atoms with Crippen LogP contribution in [-0.4, -0.2) is 40.0 Å². The fourth-order valence-corrected chi connectivity index (χ4v) is 3.06.